The Labute approximate surface area is 147 Å². The van der Waals surface area contributed by atoms with Crippen molar-refractivity contribution in [2.75, 3.05) is 11.9 Å². The van der Waals surface area contributed by atoms with Gasteiger partial charge in [-0.15, -0.1) is 0 Å². The quantitative estimate of drug-likeness (QED) is 0.701. The summed E-state index contributed by atoms with van der Waals surface area (Å²) in [6, 6.07) is 23.9. The summed E-state index contributed by atoms with van der Waals surface area (Å²) in [5.41, 5.74) is 3.72. The molecule has 3 nitrogen and oxygen atoms in total. The Morgan fingerprint density at radius 2 is 1.68 bits per heavy atom. The van der Waals surface area contributed by atoms with Crippen LogP contribution in [0.15, 0.2) is 66.7 Å². The molecule has 0 radical (unpaired) electrons. The molecule has 2 aliphatic rings. The minimum absolute atomic E-state index is 0.166. The fourth-order valence-electron chi connectivity index (χ4n) is 4.71. The van der Waals surface area contributed by atoms with Gasteiger partial charge in [-0.1, -0.05) is 60.7 Å². The minimum atomic E-state index is 0.166. The van der Waals surface area contributed by atoms with Crippen LogP contribution in [0.1, 0.15) is 29.6 Å². The molecule has 0 spiro atoms. The average Bonchev–Trinajstić information content (AvgIpc) is 3.11. The molecular formula is C22H20N2O. The van der Waals surface area contributed by atoms with E-state index in [-0.39, 0.29) is 12.1 Å². The van der Waals surface area contributed by atoms with Gasteiger partial charge in [0.1, 0.15) is 0 Å². The van der Waals surface area contributed by atoms with Gasteiger partial charge in [-0.2, -0.15) is 0 Å². The van der Waals surface area contributed by atoms with Crippen molar-refractivity contribution in [1.29, 1.82) is 0 Å². The van der Waals surface area contributed by atoms with E-state index < -0.39 is 0 Å². The molecule has 3 aromatic carbocycles. The van der Waals surface area contributed by atoms with Gasteiger partial charge in [0, 0.05) is 18.2 Å². The van der Waals surface area contributed by atoms with Crippen LogP contribution < -0.4 is 5.32 Å². The van der Waals surface area contributed by atoms with Gasteiger partial charge in [0.2, 0.25) is 6.41 Å². The number of amides is 1. The van der Waals surface area contributed by atoms with Crippen LogP contribution in [0.2, 0.25) is 0 Å². The maximum absolute atomic E-state index is 11.6. The van der Waals surface area contributed by atoms with Crippen molar-refractivity contribution in [3.05, 3.63) is 77.9 Å². The van der Waals surface area contributed by atoms with E-state index in [9.17, 15) is 4.79 Å². The molecular weight excluding hydrogens is 308 g/mol. The number of hydrogen-bond donors (Lipinski definition) is 1. The van der Waals surface area contributed by atoms with E-state index in [1.807, 2.05) is 4.90 Å². The van der Waals surface area contributed by atoms with E-state index in [0.29, 0.717) is 5.92 Å². The van der Waals surface area contributed by atoms with Gasteiger partial charge < -0.3 is 10.2 Å². The fourth-order valence-corrected chi connectivity index (χ4v) is 4.71. The minimum Gasteiger partial charge on any atom is -0.378 e. The molecule has 1 saturated heterocycles. The molecule has 1 amide bonds. The van der Waals surface area contributed by atoms with E-state index in [2.05, 4.69) is 72.0 Å². The molecule has 3 aromatic rings. The summed E-state index contributed by atoms with van der Waals surface area (Å²) in [5, 5.41) is 6.34. The summed E-state index contributed by atoms with van der Waals surface area (Å²) in [6.07, 6.45) is 2.05. The van der Waals surface area contributed by atoms with Crippen LogP contribution in [0.4, 0.5) is 5.69 Å². The normalized spacial score (nSPS) is 24.5. The average molecular weight is 328 g/mol. The Bertz CT molecular complexity index is 946. The number of carbonyl (C=O) groups excluding carboxylic acids is 1. The lowest BCUT2D eigenvalue weighted by atomic mass is 9.79. The largest absolute Gasteiger partial charge is 0.378 e. The van der Waals surface area contributed by atoms with Crippen molar-refractivity contribution in [3.63, 3.8) is 0 Å². The molecule has 0 bridgehead atoms. The van der Waals surface area contributed by atoms with Crippen molar-refractivity contribution >= 4 is 22.9 Å². The smallest absolute Gasteiger partial charge is 0.210 e. The van der Waals surface area contributed by atoms with Crippen LogP contribution in [-0.2, 0) is 4.79 Å². The van der Waals surface area contributed by atoms with Gasteiger partial charge in [-0.25, -0.2) is 0 Å². The highest BCUT2D eigenvalue weighted by atomic mass is 16.1. The van der Waals surface area contributed by atoms with E-state index >= 15 is 0 Å². The predicted octanol–water partition coefficient (Wildman–Crippen LogP) is 4.53. The first kappa shape index (κ1) is 14.5. The highest BCUT2D eigenvalue weighted by Gasteiger charge is 2.44. The summed E-state index contributed by atoms with van der Waals surface area (Å²) in [6.45, 7) is 0.829. The van der Waals surface area contributed by atoms with Gasteiger partial charge in [0.15, 0.2) is 0 Å². The zero-order valence-electron chi connectivity index (χ0n) is 13.9. The summed E-state index contributed by atoms with van der Waals surface area (Å²) >= 11 is 0. The maximum Gasteiger partial charge on any atom is 0.210 e. The Kier molecular flexibility index (Phi) is 3.27. The van der Waals surface area contributed by atoms with Crippen LogP contribution >= 0.6 is 0 Å². The zero-order valence-corrected chi connectivity index (χ0v) is 13.9. The number of nitrogens with zero attached hydrogens (tertiary/aromatic N) is 1. The number of rotatable bonds is 2. The first-order valence-corrected chi connectivity index (χ1v) is 8.91. The molecule has 0 aliphatic carbocycles. The summed E-state index contributed by atoms with van der Waals surface area (Å²) in [5.74, 6) is 0.394. The second-order valence-electron chi connectivity index (χ2n) is 7.02. The number of para-hydroxylation sites is 1. The van der Waals surface area contributed by atoms with Crippen LogP contribution in [0.5, 0.6) is 0 Å². The van der Waals surface area contributed by atoms with Crippen molar-refractivity contribution < 1.29 is 4.79 Å². The molecule has 1 N–H and O–H groups in total. The molecule has 1 fully saturated rings. The first-order chi connectivity index (χ1) is 12.4. The number of anilines is 1. The summed E-state index contributed by atoms with van der Waals surface area (Å²) in [7, 11) is 0. The summed E-state index contributed by atoms with van der Waals surface area (Å²) in [4.78, 5) is 13.6. The second-order valence-corrected chi connectivity index (χ2v) is 7.02. The first-order valence-electron chi connectivity index (χ1n) is 8.91. The molecule has 3 heteroatoms. The third kappa shape index (κ3) is 2.15. The molecule has 0 aromatic heterocycles. The van der Waals surface area contributed by atoms with Gasteiger partial charge in [-0.3, -0.25) is 4.79 Å². The van der Waals surface area contributed by atoms with E-state index in [1.54, 1.807) is 0 Å². The SMILES string of the molecule is O=CN1CC[C@H]2[C@@H](c3cccc4ccccc34)Nc3ccccc3[C@H]21. The molecule has 124 valence electrons. The van der Waals surface area contributed by atoms with Crippen LogP contribution in [0.25, 0.3) is 10.8 Å². The van der Waals surface area contributed by atoms with Crippen molar-refractivity contribution in [2.45, 2.75) is 18.5 Å². The lowest BCUT2D eigenvalue weighted by molar-refractivity contribution is -0.119. The molecule has 3 atom stereocenters. The number of fused-ring (bicyclic) bond motifs is 4. The third-order valence-electron chi connectivity index (χ3n) is 5.80. The Hall–Kier alpha value is -2.81. The van der Waals surface area contributed by atoms with Crippen LogP contribution in [-0.4, -0.2) is 17.9 Å². The molecule has 2 heterocycles. The van der Waals surface area contributed by atoms with E-state index in [4.69, 9.17) is 0 Å². The molecule has 5 rings (SSSR count). The summed E-state index contributed by atoms with van der Waals surface area (Å²) < 4.78 is 0. The predicted molar refractivity (Wildman–Crippen MR) is 100 cm³/mol. The zero-order chi connectivity index (χ0) is 16.8. The van der Waals surface area contributed by atoms with E-state index in [0.717, 1.165) is 25.1 Å². The number of hydrogen-bond acceptors (Lipinski definition) is 2. The number of carbonyl (C=O) groups is 1. The van der Waals surface area contributed by atoms with Gasteiger partial charge >= 0.3 is 0 Å². The van der Waals surface area contributed by atoms with E-state index in [1.165, 1.54) is 21.9 Å². The number of benzene rings is 3. The molecule has 25 heavy (non-hydrogen) atoms. The fraction of sp³-hybridized carbons (Fsp3) is 0.227. The number of likely N-dealkylation sites (tertiary alicyclic amines) is 1. The Balaban J connectivity index is 1.69. The monoisotopic (exact) mass is 328 g/mol. The third-order valence-corrected chi connectivity index (χ3v) is 5.80. The van der Waals surface area contributed by atoms with Crippen molar-refractivity contribution in [1.82, 2.24) is 4.90 Å². The lowest BCUT2D eigenvalue weighted by Crippen LogP contribution is -2.34. The Morgan fingerprint density at radius 3 is 2.60 bits per heavy atom. The lowest BCUT2D eigenvalue weighted by Gasteiger charge is -2.39. The van der Waals surface area contributed by atoms with Gasteiger partial charge in [0.05, 0.1) is 12.1 Å². The molecule has 2 aliphatic heterocycles. The van der Waals surface area contributed by atoms with Crippen molar-refractivity contribution in [2.24, 2.45) is 5.92 Å². The van der Waals surface area contributed by atoms with Crippen molar-refractivity contribution in [3.8, 4) is 0 Å². The Morgan fingerprint density at radius 1 is 0.920 bits per heavy atom. The van der Waals surface area contributed by atoms with Crippen LogP contribution in [0.3, 0.4) is 0 Å². The van der Waals surface area contributed by atoms with Gasteiger partial charge in [0.25, 0.3) is 0 Å². The standard InChI is InChI=1S/C22H20N2O/c25-14-24-13-12-19-21(23-20-11-4-3-9-18(20)22(19)24)17-10-5-7-15-6-1-2-8-16(15)17/h1-11,14,19,21-23H,12-13H2/t19-,21+,22+/m0/s1. The molecule has 0 saturated carbocycles. The number of nitrogens with one attached hydrogen (secondary N) is 1. The highest BCUT2D eigenvalue weighted by molar-refractivity contribution is 5.86. The second kappa shape index (κ2) is 5.62. The van der Waals surface area contributed by atoms with Crippen LogP contribution in [0, 0.1) is 5.92 Å². The topological polar surface area (TPSA) is 32.3 Å². The van der Waals surface area contributed by atoms with Gasteiger partial charge in [-0.05, 0) is 34.4 Å². The highest BCUT2D eigenvalue weighted by Crippen LogP contribution is 2.51. The maximum atomic E-state index is 11.6. The molecule has 0 unspecified atom stereocenters.